The lowest BCUT2D eigenvalue weighted by Gasteiger charge is -2.48. The summed E-state index contributed by atoms with van der Waals surface area (Å²) >= 11 is 0. The van der Waals surface area contributed by atoms with Crippen molar-refractivity contribution in [2.75, 3.05) is 38.2 Å². The van der Waals surface area contributed by atoms with Crippen LogP contribution in [0.5, 0.6) is 17.2 Å². The quantitative estimate of drug-likeness (QED) is 0.144. The Morgan fingerprint density at radius 2 is 1.43 bits per heavy atom. The molecule has 3 aliphatic rings. The van der Waals surface area contributed by atoms with Gasteiger partial charge in [0.25, 0.3) is 5.91 Å². The van der Waals surface area contributed by atoms with Gasteiger partial charge in [-0.05, 0) is 50.6 Å². The summed E-state index contributed by atoms with van der Waals surface area (Å²) in [4.78, 5) is 42.4. The molecule has 2 N–H and O–H groups in total. The van der Waals surface area contributed by atoms with E-state index in [-0.39, 0.29) is 30.8 Å². The molecule has 0 radical (unpaired) electrons. The van der Waals surface area contributed by atoms with Crippen LogP contribution in [-0.4, -0.2) is 64.3 Å². The number of carbonyl (C=O) groups excluding carboxylic acids is 2. The number of nitrogens with zero attached hydrogens (tertiary/aromatic N) is 3. The maximum atomic E-state index is 12.4. The third-order valence-corrected chi connectivity index (χ3v) is 9.56. The number of aromatic nitrogens is 2. The fourth-order valence-electron chi connectivity index (χ4n) is 6.90. The molecule has 5 aromatic rings. The molecule has 0 aliphatic carbocycles. The molecule has 1 aromatic heterocycles. The van der Waals surface area contributed by atoms with Gasteiger partial charge in [-0.3, -0.25) is 14.2 Å². The highest BCUT2D eigenvalue weighted by atomic mass is 16.6. The van der Waals surface area contributed by atoms with E-state index in [0.717, 1.165) is 22.4 Å². The van der Waals surface area contributed by atoms with Gasteiger partial charge in [0.05, 0.1) is 30.8 Å². The van der Waals surface area contributed by atoms with Crippen molar-refractivity contribution < 1.29 is 28.9 Å². The molecule has 0 saturated carbocycles. The second-order valence-electron chi connectivity index (χ2n) is 12.8. The number of hydrogen-bond acceptors (Lipinski definition) is 8. The zero-order chi connectivity index (χ0) is 37.4. The third-order valence-electron chi connectivity index (χ3n) is 9.56. The van der Waals surface area contributed by atoms with Gasteiger partial charge in [0, 0.05) is 42.5 Å². The molecule has 1 unspecified atom stereocenters. The van der Waals surface area contributed by atoms with Crippen molar-refractivity contribution in [2.24, 2.45) is 5.41 Å². The van der Waals surface area contributed by atoms with Gasteiger partial charge < -0.3 is 29.5 Å². The van der Waals surface area contributed by atoms with Gasteiger partial charge in [-0.25, -0.2) is 4.79 Å². The average Bonchev–Trinajstić information content (AvgIpc) is 3.20. The van der Waals surface area contributed by atoms with Crippen molar-refractivity contribution in [3.05, 3.63) is 148 Å². The maximum absolute atomic E-state index is 12.4. The predicted molar refractivity (Wildman–Crippen MR) is 201 cm³/mol. The van der Waals surface area contributed by atoms with E-state index in [1.165, 1.54) is 10.8 Å². The zero-order valence-electron chi connectivity index (χ0n) is 30.2. The molecule has 3 aliphatic heterocycles. The van der Waals surface area contributed by atoms with Crippen LogP contribution in [0.1, 0.15) is 54.2 Å². The molecule has 1 atom stereocenters. The first-order valence-corrected chi connectivity index (χ1v) is 17.9. The SMILES string of the molecule is CCC1(Cn2ccc(NC(=O)c3ccccc3)nc2=O)CN(CCO)C1=O.CCOc1c2ccc(c1OCC)C(c1ccccc1)(c1ccccc1)O2. The lowest BCUT2D eigenvalue weighted by Crippen LogP contribution is -2.63. The second-order valence-corrected chi connectivity index (χ2v) is 12.8. The Hall–Kier alpha value is -5.94. The number of anilines is 1. The summed E-state index contributed by atoms with van der Waals surface area (Å²) in [6, 6.07) is 34.8. The van der Waals surface area contributed by atoms with Gasteiger partial charge in [-0.1, -0.05) is 85.8 Å². The van der Waals surface area contributed by atoms with Gasteiger partial charge >= 0.3 is 5.69 Å². The summed E-state index contributed by atoms with van der Waals surface area (Å²) in [5, 5.41) is 11.6. The molecule has 1 fully saturated rings. The summed E-state index contributed by atoms with van der Waals surface area (Å²) < 4.78 is 19.9. The number of aliphatic hydroxyl groups is 1. The molecule has 8 rings (SSSR count). The van der Waals surface area contributed by atoms with E-state index in [1.807, 2.05) is 69.3 Å². The third kappa shape index (κ3) is 7.25. The summed E-state index contributed by atoms with van der Waals surface area (Å²) in [7, 11) is 0. The van der Waals surface area contributed by atoms with E-state index in [9.17, 15) is 14.4 Å². The Balaban J connectivity index is 0.000000181. The van der Waals surface area contributed by atoms with Crippen LogP contribution >= 0.6 is 0 Å². The Kier molecular flexibility index (Phi) is 11.2. The van der Waals surface area contributed by atoms with Crippen LogP contribution in [0, 0.1) is 5.41 Å². The molecule has 1 saturated heterocycles. The summed E-state index contributed by atoms with van der Waals surface area (Å²) in [6.45, 7) is 7.93. The second kappa shape index (κ2) is 16.2. The first-order chi connectivity index (χ1) is 25.8. The smallest absolute Gasteiger partial charge is 0.349 e. The van der Waals surface area contributed by atoms with Gasteiger partial charge in [-0.15, -0.1) is 0 Å². The van der Waals surface area contributed by atoms with E-state index in [2.05, 4.69) is 40.6 Å². The molecule has 11 nitrogen and oxygen atoms in total. The molecule has 274 valence electrons. The Morgan fingerprint density at radius 1 is 0.830 bits per heavy atom. The largest absolute Gasteiger partial charge is 0.489 e. The van der Waals surface area contributed by atoms with Crippen LogP contribution in [0.2, 0.25) is 0 Å². The number of amides is 2. The van der Waals surface area contributed by atoms with Gasteiger partial charge in [0.2, 0.25) is 11.7 Å². The van der Waals surface area contributed by atoms with Crippen molar-refractivity contribution in [3.8, 4) is 17.2 Å². The van der Waals surface area contributed by atoms with E-state index in [0.29, 0.717) is 49.8 Å². The number of β-lactam (4-membered cyclic amide) rings is 1. The van der Waals surface area contributed by atoms with Crippen molar-refractivity contribution >= 4 is 17.6 Å². The van der Waals surface area contributed by atoms with E-state index < -0.39 is 16.7 Å². The maximum Gasteiger partial charge on any atom is 0.349 e. The highest BCUT2D eigenvalue weighted by molar-refractivity contribution is 6.03. The predicted octanol–water partition coefficient (Wildman–Crippen LogP) is 5.89. The number of benzene rings is 4. The van der Waals surface area contributed by atoms with E-state index in [4.69, 9.17) is 19.3 Å². The molecule has 53 heavy (non-hydrogen) atoms. The number of carbonyl (C=O) groups is 2. The monoisotopic (exact) mass is 716 g/mol. The first-order valence-electron chi connectivity index (χ1n) is 17.9. The van der Waals surface area contributed by atoms with Gasteiger partial charge in [0.15, 0.2) is 17.1 Å². The lowest BCUT2D eigenvalue weighted by molar-refractivity contribution is -0.163. The number of hydrogen-bond donors (Lipinski definition) is 2. The molecule has 4 heterocycles. The van der Waals surface area contributed by atoms with Gasteiger partial charge in [0.1, 0.15) is 5.82 Å². The van der Waals surface area contributed by atoms with Crippen molar-refractivity contribution in [3.63, 3.8) is 0 Å². The Morgan fingerprint density at radius 3 is 1.98 bits per heavy atom. The number of fused-ring (bicyclic) bond motifs is 3. The fourth-order valence-corrected chi connectivity index (χ4v) is 6.90. The van der Waals surface area contributed by atoms with Crippen LogP contribution in [0.25, 0.3) is 0 Å². The lowest BCUT2D eigenvalue weighted by atomic mass is 9.76. The minimum Gasteiger partial charge on any atom is -0.489 e. The van der Waals surface area contributed by atoms with Crippen molar-refractivity contribution in [1.29, 1.82) is 0 Å². The first kappa shape index (κ1) is 36.8. The molecular formula is C42H44N4O7. The number of aliphatic hydroxyl groups excluding tert-OH is 1. The van der Waals surface area contributed by atoms with Crippen LogP contribution in [0.3, 0.4) is 0 Å². The van der Waals surface area contributed by atoms with Crippen LogP contribution < -0.4 is 25.2 Å². The highest BCUT2D eigenvalue weighted by Gasteiger charge is 2.51. The number of rotatable bonds is 13. The van der Waals surface area contributed by atoms with Crippen LogP contribution in [-0.2, 0) is 16.9 Å². The fraction of sp³-hybridized carbons (Fsp3) is 0.286. The van der Waals surface area contributed by atoms with E-state index >= 15 is 0 Å². The topological polar surface area (TPSA) is 132 Å². The van der Waals surface area contributed by atoms with Crippen molar-refractivity contribution in [2.45, 2.75) is 39.3 Å². The number of ether oxygens (including phenoxy) is 3. The van der Waals surface area contributed by atoms with E-state index in [1.54, 1.807) is 35.2 Å². The summed E-state index contributed by atoms with van der Waals surface area (Å²) in [6.07, 6.45) is 2.13. The Bertz CT molecular complexity index is 2050. The van der Waals surface area contributed by atoms with Crippen molar-refractivity contribution in [1.82, 2.24) is 14.5 Å². The summed E-state index contributed by atoms with van der Waals surface area (Å²) in [5.74, 6) is 1.92. The van der Waals surface area contributed by atoms with Crippen LogP contribution in [0.4, 0.5) is 5.82 Å². The highest BCUT2D eigenvalue weighted by Crippen LogP contribution is 2.56. The normalized spacial score (nSPS) is 16.5. The molecule has 2 bridgehead atoms. The molecular weight excluding hydrogens is 672 g/mol. The minimum absolute atomic E-state index is 0.0626. The average molecular weight is 717 g/mol. The minimum atomic E-state index is -0.738. The zero-order valence-corrected chi connectivity index (χ0v) is 30.2. The standard InChI is InChI=1S/C23H22O3.C19H22N4O4/c1-3-24-21-19-15-16-20(22(21)25-4-2)26-23(19,17-11-7-5-8-12-17)18-13-9-6-10-14-18;1-2-19(12-22(10-11-24)17(19)26)13-23-9-8-15(21-18(23)27)20-16(25)14-6-4-3-5-7-14/h5-16H,3-4H2,1-2H3;3-9,24H,2,10-13H2,1H3,(H,20,21,25,27). The number of likely N-dealkylation sites (tertiary alicyclic amines) is 1. The van der Waals surface area contributed by atoms with Crippen LogP contribution in [0.15, 0.2) is 120 Å². The summed E-state index contributed by atoms with van der Waals surface area (Å²) in [5.41, 5.74) is 1.66. The molecule has 11 heteroatoms. The number of nitrogens with one attached hydrogen (secondary N) is 1. The number of β-amino-alcohol motifs (C(OH)–C–C–N with tert-alkyl or cyclic N) is 1. The molecule has 2 amide bonds. The molecule has 0 spiro atoms. The molecule has 4 aromatic carbocycles. The Labute approximate surface area is 308 Å². The van der Waals surface area contributed by atoms with Gasteiger partial charge in [-0.2, -0.15) is 4.98 Å².